The number of rotatable bonds is 7. The van der Waals surface area contributed by atoms with Gasteiger partial charge in [-0.1, -0.05) is 25.4 Å². The van der Waals surface area contributed by atoms with Gasteiger partial charge in [0.1, 0.15) is 0 Å². The molecule has 1 aliphatic heterocycles. The number of hydrogen-bond acceptors (Lipinski definition) is 3. The van der Waals surface area contributed by atoms with Crippen LogP contribution in [0.4, 0.5) is 0 Å². The van der Waals surface area contributed by atoms with E-state index in [1.165, 1.54) is 16.4 Å². The van der Waals surface area contributed by atoms with E-state index < -0.39 is 10.0 Å². The number of halogens is 1. The summed E-state index contributed by atoms with van der Waals surface area (Å²) in [5, 5.41) is 0.500. The Kier molecular flexibility index (Phi) is 7.28. The highest BCUT2D eigenvalue weighted by Gasteiger charge is 2.34. The Morgan fingerprint density at radius 1 is 1.20 bits per heavy atom. The lowest BCUT2D eigenvalue weighted by atomic mass is 9.98. The number of sulfonamides is 1. The molecule has 25 heavy (non-hydrogen) atoms. The fraction of sp³-hybridized carbons (Fsp3) is 0.611. The molecule has 0 radical (unpaired) electrons. The topological polar surface area (TPSA) is 57.7 Å². The largest absolute Gasteiger partial charge is 0.342 e. The maximum Gasteiger partial charge on any atom is 0.243 e. The van der Waals surface area contributed by atoms with Gasteiger partial charge < -0.3 is 4.90 Å². The van der Waals surface area contributed by atoms with E-state index in [1.54, 1.807) is 12.1 Å². The summed E-state index contributed by atoms with van der Waals surface area (Å²) in [6, 6.07) is 6.18. The number of carbonyl (C=O) groups is 1. The van der Waals surface area contributed by atoms with Gasteiger partial charge in [-0.3, -0.25) is 4.79 Å². The molecule has 0 N–H and O–H groups in total. The molecule has 0 aliphatic carbocycles. The zero-order chi connectivity index (χ0) is 18.4. The minimum absolute atomic E-state index is 0.0831. The van der Waals surface area contributed by atoms with Crippen molar-refractivity contribution in [2.75, 3.05) is 26.2 Å². The van der Waals surface area contributed by atoms with Crippen LogP contribution in [0.25, 0.3) is 0 Å². The van der Waals surface area contributed by atoms with E-state index in [9.17, 15) is 13.2 Å². The van der Waals surface area contributed by atoms with Gasteiger partial charge in [0.2, 0.25) is 15.9 Å². The number of hydrogen-bond donors (Lipinski definition) is 0. The van der Waals surface area contributed by atoms with E-state index in [-0.39, 0.29) is 23.3 Å². The summed E-state index contributed by atoms with van der Waals surface area (Å²) in [6.07, 6.45) is 3.27. The Morgan fingerprint density at radius 3 is 2.36 bits per heavy atom. The molecule has 7 heteroatoms. The van der Waals surface area contributed by atoms with Gasteiger partial charge in [-0.05, 0) is 49.9 Å². The van der Waals surface area contributed by atoms with Gasteiger partial charge >= 0.3 is 0 Å². The third-order valence-corrected chi connectivity index (χ3v) is 6.61. The van der Waals surface area contributed by atoms with Crippen LogP contribution in [0.5, 0.6) is 0 Å². The second kappa shape index (κ2) is 9.01. The summed E-state index contributed by atoms with van der Waals surface area (Å²) in [6.45, 7) is 6.27. The second-order valence-electron chi connectivity index (χ2n) is 6.48. The molecule has 0 aromatic heterocycles. The molecule has 1 amide bonds. The quantitative estimate of drug-likeness (QED) is 0.721. The Morgan fingerprint density at radius 2 is 1.80 bits per heavy atom. The summed E-state index contributed by atoms with van der Waals surface area (Å²) in [5.74, 6) is -0.173. The van der Waals surface area contributed by atoms with Crippen LogP contribution in [0.2, 0.25) is 5.02 Å². The first-order valence-electron chi connectivity index (χ1n) is 8.94. The molecule has 1 saturated heterocycles. The van der Waals surface area contributed by atoms with Crippen molar-refractivity contribution in [1.29, 1.82) is 0 Å². The van der Waals surface area contributed by atoms with Gasteiger partial charge in [-0.15, -0.1) is 0 Å². The van der Waals surface area contributed by atoms with Gasteiger partial charge in [0.05, 0.1) is 10.8 Å². The van der Waals surface area contributed by atoms with E-state index in [0.29, 0.717) is 18.0 Å². The molecule has 1 atom stereocenters. The summed E-state index contributed by atoms with van der Waals surface area (Å²) in [7, 11) is -3.59. The van der Waals surface area contributed by atoms with E-state index in [2.05, 4.69) is 0 Å². The highest BCUT2D eigenvalue weighted by atomic mass is 35.5. The molecule has 2 rings (SSSR count). The van der Waals surface area contributed by atoms with Crippen LogP contribution in [-0.2, 0) is 14.8 Å². The molecule has 0 saturated carbocycles. The number of piperidine rings is 1. The first-order valence-corrected chi connectivity index (χ1v) is 10.8. The number of carbonyl (C=O) groups excluding carboxylic acids is 1. The first-order chi connectivity index (χ1) is 11.9. The van der Waals surface area contributed by atoms with Crippen molar-refractivity contribution in [2.45, 2.75) is 44.4 Å². The van der Waals surface area contributed by atoms with Crippen molar-refractivity contribution >= 4 is 27.5 Å². The summed E-state index contributed by atoms with van der Waals surface area (Å²) < 4.78 is 27.1. The minimum Gasteiger partial charge on any atom is -0.342 e. The van der Waals surface area contributed by atoms with Gasteiger partial charge in [-0.2, -0.15) is 4.31 Å². The molecule has 1 heterocycles. The van der Waals surface area contributed by atoms with Gasteiger partial charge in [0.25, 0.3) is 0 Å². The number of benzene rings is 1. The number of nitrogens with zero attached hydrogens (tertiary/aromatic N) is 2. The molecule has 1 aliphatic rings. The zero-order valence-electron chi connectivity index (χ0n) is 14.9. The molecule has 1 unspecified atom stereocenters. The Hall–Kier alpha value is -1.11. The predicted octanol–water partition coefficient (Wildman–Crippen LogP) is 3.39. The zero-order valence-corrected chi connectivity index (χ0v) is 16.5. The molecule has 1 fully saturated rings. The van der Waals surface area contributed by atoms with Gasteiger partial charge in [0, 0.05) is 31.2 Å². The van der Waals surface area contributed by atoms with E-state index >= 15 is 0 Å². The lowest BCUT2D eigenvalue weighted by Gasteiger charge is -2.34. The molecule has 5 nitrogen and oxygen atoms in total. The predicted molar refractivity (Wildman–Crippen MR) is 100 cm³/mol. The maximum absolute atomic E-state index is 12.8. The maximum atomic E-state index is 12.8. The Labute approximate surface area is 156 Å². The third kappa shape index (κ3) is 4.96. The highest BCUT2D eigenvalue weighted by molar-refractivity contribution is 7.89. The summed E-state index contributed by atoms with van der Waals surface area (Å²) in [5.41, 5.74) is 0. The van der Waals surface area contributed by atoms with E-state index in [0.717, 1.165) is 32.4 Å². The van der Waals surface area contributed by atoms with Crippen LogP contribution in [0.3, 0.4) is 0 Å². The van der Waals surface area contributed by atoms with Crippen molar-refractivity contribution in [3.05, 3.63) is 29.3 Å². The van der Waals surface area contributed by atoms with Crippen molar-refractivity contribution in [1.82, 2.24) is 9.21 Å². The van der Waals surface area contributed by atoms with Crippen molar-refractivity contribution in [3.8, 4) is 0 Å². The first kappa shape index (κ1) is 20.2. The van der Waals surface area contributed by atoms with Crippen molar-refractivity contribution in [2.24, 2.45) is 5.92 Å². The van der Waals surface area contributed by atoms with Crippen LogP contribution >= 0.6 is 11.6 Å². The van der Waals surface area contributed by atoms with E-state index in [1.807, 2.05) is 18.7 Å². The normalized spacial score (nSPS) is 18.9. The van der Waals surface area contributed by atoms with Crippen LogP contribution in [-0.4, -0.2) is 49.7 Å². The fourth-order valence-electron chi connectivity index (χ4n) is 3.25. The minimum atomic E-state index is -3.59. The van der Waals surface area contributed by atoms with Gasteiger partial charge in [-0.25, -0.2) is 8.42 Å². The smallest absolute Gasteiger partial charge is 0.243 e. The lowest BCUT2D eigenvalue weighted by Crippen LogP contribution is -2.47. The fourth-order valence-corrected chi connectivity index (χ4v) is 4.90. The summed E-state index contributed by atoms with van der Waals surface area (Å²) in [4.78, 5) is 14.9. The Balaban J connectivity index is 2.14. The molecule has 1 aromatic rings. The van der Waals surface area contributed by atoms with Crippen LogP contribution in [0.15, 0.2) is 29.2 Å². The molecule has 140 valence electrons. The highest BCUT2D eigenvalue weighted by Crippen LogP contribution is 2.26. The standard InChI is InChI=1S/C18H27ClN2O3S/c1-3-11-20(12-4-2)18(22)15-6-5-13-21(14-15)25(23,24)17-9-7-16(19)8-10-17/h7-10,15H,3-6,11-14H2,1-2H3. The molecule has 0 bridgehead atoms. The Bertz CT molecular complexity index is 670. The average Bonchev–Trinajstić information content (AvgIpc) is 2.61. The SMILES string of the molecule is CCCN(CCC)C(=O)C1CCCN(S(=O)(=O)c2ccc(Cl)cc2)C1. The number of amides is 1. The monoisotopic (exact) mass is 386 g/mol. The van der Waals surface area contributed by atoms with Crippen LogP contribution < -0.4 is 0 Å². The second-order valence-corrected chi connectivity index (χ2v) is 8.86. The molecular formula is C18H27ClN2O3S. The molecule has 0 spiro atoms. The van der Waals surface area contributed by atoms with Crippen molar-refractivity contribution in [3.63, 3.8) is 0 Å². The molecular weight excluding hydrogens is 360 g/mol. The molecule has 1 aromatic carbocycles. The van der Waals surface area contributed by atoms with Crippen LogP contribution in [0, 0.1) is 5.92 Å². The van der Waals surface area contributed by atoms with Crippen LogP contribution in [0.1, 0.15) is 39.5 Å². The third-order valence-electron chi connectivity index (χ3n) is 4.48. The van der Waals surface area contributed by atoms with Gasteiger partial charge in [0.15, 0.2) is 0 Å². The summed E-state index contributed by atoms with van der Waals surface area (Å²) >= 11 is 5.85. The van der Waals surface area contributed by atoms with Crippen molar-refractivity contribution < 1.29 is 13.2 Å². The average molecular weight is 387 g/mol. The lowest BCUT2D eigenvalue weighted by molar-refractivity contribution is -0.136. The van der Waals surface area contributed by atoms with E-state index in [4.69, 9.17) is 11.6 Å².